The van der Waals surface area contributed by atoms with Crippen molar-refractivity contribution in [2.75, 3.05) is 6.61 Å². The Balaban J connectivity index is 2.05. The highest BCUT2D eigenvalue weighted by Gasteiger charge is 2.26. The summed E-state index contributed by atoms with van der Waals surface area (Å²) in [6, 6.07) is 20.3. The minimum atomic E-state index is -0.680. The molecule has 4 rings (SSSR count). The smallest absolute Gasteiger partial charge is 0.357 e. The van der Waals surface area contributed by atoms with Crippen molar-refractivity contribution in [1.82, 2.24) is 20.2 Å². The molecule has 0 aliphatic carbocycles. The average Bonchev–Trinajstić information content (AvgIpc) is 3.29. The Labute approximate surface area is 182 Å². The molecule has 0 aliphatic rings. The second-order valence-corrected chi connectivity index (χ2v) is 6.74. The Bertz CT molecular complexity index is 1200. The molecule has 0 N–H and O–H groups in total. The lowest BCUT2D eigenvalue weighted by atomic mass is 9.95. The number of carbonyl (C=O) groups excluding carboxylic acids is 1. The van der Waals surface area contributed by atoms with Crippen molar-refractivity contribution in [2.24, 2.45) is 0 Å². The second kappa shape index (κ2) is 9.30. The number of nitrogens with zero attached hydrogens (tertiary/aromatic N) is 4. The molecule has 4 aromatic rings. The highest BCUT2D eigenvalue weighted by atomic mass is 19.1. The van der Waals surface area contributed by atoms with Gasteiger partial charge >= 0.3 is 5.97 Å². The first kappa shape index (κ1) is 21.0. The molecule has 0 amide bonds. The summed E-state index contributed by atoms with van der Waals surface area (Å²) >= 11 is 0. The molecule has 0 radical (unpaired) electrons. The fourth-order valence-corrected chi connectivity index (χ4v) is 3.27. The Morgan fingerprint density at radius 1 is 0.875 bits per heavy atom. The molecule has 1 aromatic heterocycles. The molecular formula is C24H18F2N4O2. The molecule has 0 spiro atoms. The Hall–Kier alpha value is -4.20. The van der Waals surface area contributed by atoms with E-state index in [4.69, 9.17) is 4.74 Å². The molecule has 0 atom stereocenters. The van der Waals surface area contributed by atoms with Gasteiger partial charge in [0.05, 0.1) is 6.61 Å². The summed E-state index contributed by atoms with van der Waals surface area (Å²) in [5.41, 5.74) is 2.09. The average molecular weight is 432 g/mol. The van der Waals surface area contributed by atoms with E-state index in [1.807, 2.05) is 18.2 Å². The lowest BCUT2D eigenvalue weighted by Gasteiger charge is -2.16. The van der Waals surface area contributed by atoms with Crippen LogP contribution in [0, 0.1) is 11.6 Å². The van der Waals surface area contributed by atoms with Crippen LogP contribution in [0.25, 0.3) is 22.7 Å². The lowest BCUT2D eigenvalue weighted by molar-refractivity contribution is -0.136. The topological polar surface area (TPSA) is 69.9 Å². The molecule has 0 saturated carbocycles. The summed E-state index contributed by atoms with van der Waals surface area (Å²) in [4.78, 5) is 13.2. The van der Waals surface area contributed by atoms with Crippen LogP contribution in [0.2, 0.25) is 0 Å². The Morgan fingerprint density at radius 3 is 1.97 bits per heavy atom. The van der Waals surface area contributed by atoms with Crippen LogP contribution in [0.3, 0.4) is 0 Å². The van der Waals surface area contributed by atoms with Crippen molar-refractivity contribution in [3.8, 4) is 11.4 Å². The third-order valence-electron chi connectivity index (χ3n) is 4.68. The highest BCUT2D eigenvalue weighted by molar-refractivity contribution is 6.21. The van der Waals surface area contributed by atoms with Gasteiger partial charge in [0.2, 0.25) is 0 Å². The number of aromatic nitrogens is 4. The van der Waals surface area contributed by atoms with E-state index >= 15 is 0 Å². The summed E-state index contributed by atoms with van der Waals surface area (Å²) in [5.74, 6) is -1.23. The summed E-state index contributed by atoms with van der Waals surface area (Å²) in [6.07, 6.45) is 0. The maximum absolute atomic E-state index is 13.6. The van der Waals surface area contributed by atoms with Crippen LogP contribution in [0.4, 0.5) is 8.78 Å². The van der Waals surface area contributed by atoms with Gasteiger partial charge in [-0.25, -0.2) is 13.6 Å². The number of carbonyl (C=O) groups is 1. The van der Waals surface area contributed by atoms with E-state index < -0.39 is 17.6 Å². The molecule has 160 valence electrons. The van der Waals surface area contributed by atoms with Crippen LogP contribution >= 0.6 is 0 Å². The number of halogens is 2. The third kappa shape index (κ3) is 4.29. The third-order valence-corrected chi connectivity index (χ3v) is 4.68. The predicted octanol–water partition coefficient (Wildman–Crippen LogP) is 4.60. The zero-order chi connectivity index (χ0) is 22.5. The monoisotopic (exact) mass is 432 g/mol. The molecular weight excluding hydrogens is 414 g/mol. The zero-order valence-corrected chi connectivity index (χ0v) is 17.1. The van der Waals surface area contributed by atoms with Gasteiger partial charge in [0, 0.05) is 11.1 Å². The quantitative estimate of drug-likeness (QED) is 0.329. The zero-order valence-electron chi connectivity index (χ0n) is 17.1. The number of tetrazole rings is 1. The maximum atomic E-state index is 13.6. The van der Waals surface area contributed by atoms with Gasteiger partial charge in [-0.3, -0.25) is 0 Å². The molecule has 0 bridgehead atoms. The van der Waals surface area contributed by atoms with Crippen LogP contribution in [0.5, 0.6) is 0 Å². The fourth-order valence-electron chi connectivity index (χ4n) is 3.27. The molecule has 8 heteroatoms. The first-order valence-electron chi connectivity index (χ1n) is 9.86. The van der Waals surface area contributed by atoms with Crippen LogP contribution in [-0.2, 0) is 9.53 Å². The molecule has 3 aromatic carbocycles. The fraction of sp³-hybridized carbons (Fsp3) is 0.0833. The number of benzene rings is 3. The van der Waals surface area contributed by atoms with Crippen molar-refractivity contribution in [3.05, 3.63) is 102 Å². The van der Waals surface area contributed by atoms with Gasteiger partial charge in [0.1, 0.15) is 11.6 Å². The highest BCUT2D eigenvalue weighted by Crippen LogP contribution is 2.32. The second-order valence-electron chi connectivity index (χ2n) is 6.74. The number of ether oxygens (including phenoxy) is 1. The van der Waals surface area contributed by atoms with Gasteiger partial charge in [-0.2, -0.15) is 4.68 Å². The number of hydrogen-bond donors (Lipinski definition) is 0. The van der Waals surface area contributed by atoms with E-state index in [-0.39, 0.29) is 12.3 Å². The number of hydrogen-bond acceptors (Lipinski definition) is 5. The SMILES string of the molecule is CCOC(=O)C(=C(c1ccc(F)cc1)c1ccc(F)cc1)n1nnnc1-c1ccccc1. The molecule has 1 heterocycles. The van der Waals surface area contributed by atoms with Gasteiger partial charge in [-0.1, -0.05) is 54.6 Å². The molecule has 0 fully saturated rings. The van der Waals surface area contributed by atoms with Gasteiger partial charge < -0.3 is 4.74 Å². The van der Waals surface area contributed by atoms with E-state index in [0.717, 1.165) is 0 Å². The van der Waals surface area contributed by atoms with E-state index in [2.05, 4.69) is 15.5 Å². The largest absolute Gasteiger partial charge is 0.461 e. The molecule has 32 heavy (non-hydrogen) atoms. The van der Waals surface area contributed by atoms with Crippen molar-refractivity contribution in [1.29, 1.82) is 0 Å². The van der Waals surface area contributed by atoms with Gasteiger partial charge in [-0.15, -0.1) is 5.10 Å². The normalized spacial score (nSPS) is 10.6. The van der Waals surface area contributed by atoms with Crippen LogP contribution in [0.1, 0.15) is 18.1 Å². The number of rotatable bonds is 6. The standard InChI is InChI=1S/C24H18F2N4O2/c1-2-32-24(31)22(30-23(27-28-29-30)18-6-4-3-5-7-18)21(16-8-12-19(25)13-9-16)17-10-14-20(26)15-11-17/h3-15H,2H2,1H3. The van der Waals surface area contributed by atoms with Gasteiger partial charge in [0.15, 0.2) is 11.5 Å². The minimum Gasteiger partial charge on any atom is -0.461 e. The first-order chi connectivity index (χ1) is 15.6. The van der Waals surface area contributed by atoms with Crippen molar-refractivity contribution in [2.45, 2.75) is 6.92 Å². The summed E-state index contributed by atoms with van der Waals surface area (Å²) in [6.45, 7) is 1.80. The lowest BCUT2D eigenvalue weighted by Crippen LogP contribution is -2.17. The van der Waals surface area contributed by atoms with Crippen molar-refractivity contribution in [3.63, 3.8) is 0 Å². The summed E-state index contributed by atoms with van der Waals surface area (Å²) in [7, 11) is 0. The van der Waals surface area contributed by atoms with E-state index in [1.54, 1.807) is 19.1 Å². The summed E-state index contributed by atoms with van der Waals surface area (Å²) < 4.78 is 33.9. The molecule has 0 saturated heterocycles. The van der Waals surface area contributed by atoms with Crippen LogP contribution < -0.4 is 0 Å². The van der Waals surface area contributed by atoms with E-state index in [9.17, 15) is 13.6 Å². The Kier molecular flexibility index (Phi) is 6.12. The molecule has 0 unspecified atom stereocenters. The molecule has 0 aliphatic heterocycles. The predicted molar refractivity (Wildman–Crippen MR) is 115 cm³/mol. The van der Waals surface area contributed by atoms with Crippen molar-refractivity contribution >= 4 is 17.2 Å². The summed E-state index contributed by atoms with van der Waals surface area (Å²) in [5, 5.41) is 11.9. The van der Waals surface area contributed by atoms with Gasteiger partial charge in [0.25, 0.3) is 0 Å². The first-order valence-corrected chi connectivity index (χ1v) is 9.86. The van der Waals surface area contributed by atoms with Crippen LogP contribution in [0.15, 0.2) is 78.9 Å². The Morgan fingerprint density at radius 2 is 1.44 bits per heavy atom. The maximum Gasteiger partial charge on any atom is 0.357 e. The molecule has 6 nitrogen and oxygen atoms in total. The van der Waals surface area contributed by atoms with Crippen LogP contribution in [-0.4, -0.2) is 32.8 Å². The van der Waals surface area contributed by atoms with E-state index in [1.165, 1.54) is 53.2 Å². The van der Waals surface area contributed by atoms with E-state index in [0.29, 0.717) is 28.1 Å². The van der Waals surface area contributed by atoms with Gasteiger partial charge in [-0.05, 0) is 52.7 Å². The minimum absolute atomic E-state index is 0.0221. The number of esters is 1. The van der Waals surface area contributed by atoms with Crippen molar-refractivity contribution < 1.29 is 18.3 Å².